The summed E-state index contributed by atoms with van der Waals surface area (Å²) in [7, 11) is 1.61. The highest BCUT2D eigenvalue weighted by Crippen LogP contribution is 2.43. The molecule has 2 amide bonds. The zero-order valence-electron chi connectivity index (χ0n) is 22.7. The second-order valence-electron chi connectivity index (χ2n) is 9.46. The Labute approximate surface area is 230 Å². The molecular weight excluding hydrogens is 500 g/mol. The molecule has 200 valence electrons. The standard InChI is InChI=1S/C31H35ClN2O4/c1-6-20(4)38-28-19-26-23(17-27(28)37-5)18-29(35)34(30(26)21-9-13-24(32)14-10-21)25-15-11-22(12-16-25)31(36)33(7-2)8-3/h9-17,19-20,30H,6-8,18H2,1-5H3/t20-,30?/m1/s1. The third-order valence-corrected chi connectivity index (χ3v) is 7.37. The maximum atomic E-state index is 13.7. The molecule has 0 aromatic heterocycles. The molecule has 1 heterocycles. The highest BCUT2D eigenvalue weighted by atomic mass is 35.5. The van der Waals surface area contributed by atoms with Gasteiger partial charge in [0, 0.05) is 29.4 Å². The minimum atomic E-state index is -0.405. The lowest BCUT2D eigenvalue weighted by molar-refractivity contribution is -0.118. The molecule has 0 spiro atoms. The van der Waals surface area contributed by atoms with E-state index in [0.29, 0.717) is 35.2 Å². The van der Waals surface area contributed by atoms with Gasteiger partial charge in [0.25, 0.3) is 5.91 Å². The van der Waals surface area contributed by atoms with Crippen LogP contribution in [-0.2, 0) is 11.2 Å². The predicted octanol–water partition coefficient (Wildman–Crippen LogP) is 6.69. The SMILES string of the molecule is CC[C@@H](C)Oc1cc2c(cc1OC)CC(=O)N(c1ccc(C(=O)N(CC)CC)cc1)C2c1ccc(Cl)cc1. The largest absolute Gasteiger partial charge is 0.493 e. The van der Waals surface area contributed by atoms with Gasteiger partial charge < -0.3 is 19.3 Å². The van der Waals surface area contributed by atoms with Crippen molar-refractivity contribution in [2.45, 2.75) is 52.7 Å². The van der Waals surface area contributed by atoms with E-state index in [2.05, 4.69) is 6.92 Å². The van der Waals surface area contributed by atoms with Gasteiger partial charge in [0.15, 0.2) is 11.5 Å². The molecule has 38 heavy (non-hydrogen) atoms. The number of benzene rings is 3. The lowest BCUT2D eigenvalue weighted by Gasteiger charge is -2.38. The van der Waals surface area contributed by atoms with Gasteiger partial charge in [-0.1, -0.05) is 30.7 Å². The van der Waals surface area contributed by atoms with Crippen molar-refractivity contribution in [3.8, 4) is 11.5 Å². The van der Waals surface area contributed by atoms with Crippen LogP contribution in [0.1, 0.15) is 67.2 Å². The third kappa shape index (κ3) is 5.51. The fraction of sp³-hybridized carbons (Fsp3) is 0.355. The van der Waals surface area contributed by atoms with Crippen LogP contribution < -0.4 is 14.4 Å². The Hall–Kier alpha value is -3.51. The number of methoxy groups -OCH3 is 1. The number of carbonyl (C=O) groups excluding carboxylic acids is 2. The summed E-state index contributed by atoms with van der Waals surface area (Å²) in [6, 6.07) is 18.4. The van der Waals surface area contributed by atoms with E-state index in [1.165, 1.54) is 0 Å². The first-order chi connectivity index (χ1) is 18.3. The Balaban J connectivity index is 1.83. The van der Waals surface area contributed by atoms with Crippen molar-refractivity contribution in [1.29, 1.82) is 0 Å². The smallest absolute Gasteiger partial charge is 0.253 e. The number of halogens is 1. The van der Waals surface area contributed by atoms with E-state index in [-0.39, 0.29) is 24.3 Å². The first kappa shape index (κ1) is 27.5. The lowest BCUT2D eigenvalue weighted by Crippen LogP contribution is -2.41. The molecule has 0 N–H and O–H groups in total. The predicted molar refractivity (Wildman–Crippen MR) is 152 cm³/mol. The maximum Gasteiger partial charge on any atom is 0.253 e. The Bertz CT molecular complexity index is 1290. The van der Waals surface area contributed by atoms with Crippen molar-refractivity contribution in [2.75, 3.05) is 25.1 Å². The molecule has 7 heteroatoms. The van der Waals surface area contributed by atoms with Gasteiger partial charge in [-0.05, 0) is 92.4 Å². The van der Waals surface area contributed by atoms with E-state index in [0.717, 1.165) is 28.8 Å². The van der Waals surface area contributed by atoms with Crippen molar-refractivity contribution in [3.05, 3.63) is 87.9 Å². The van der Waals surface area contributed by atoms with Gasteiger partial charge in [-0.3, -0.25) is 9.59 Å². The van der Waals surface area contributed by atoms with Gasteiger partial charge in [0.05, 0.1) is 25.7 Å². The van der Waals surface area contributed by atoms with E-state index in [4.69, 9.17) is 21.1 Å². The van der Waals surface area contributed by atoms with E-state index >= 15 is 0 Å². The molecule has 0 radical (unpaired) electrons. The number of anilines is 1. The van der Waals surface area contributed by atoms with Gasteiger partial charge in [0.2, 0.25) is 5.91 Å². The summed E-state index contributed by atoms with van der Waals surface area (Å²) in [5.41, 5.74) is 4.10. The molecule has 0 saturated heterocycles. The van der Waals surface area contributed by atoms with E-state index < -0.39 is 6.04 Å². The summed E-state index contributed by atoms with van der Waals surface area (Å²) in [5.74, 6) is 1.19. The van der Waals surface area contributed by atoms with Gasteiger partial charge in [-0.2, -0.15) is 0 Å². The fourth-order valence-corrected chi connectivity index (χ4v) is 4.96. The Morgan fingerprint density at radius 3 is 2.26 bits per heavy atom. The molecule has 4 rings (SSSR count). The van der Waals surface area contributed by atoms with Crippen LogP contribution in [0.5, 0.6) is 11.5 Å². The van der Waals surface area contributed by atoms with Gasteiger partial charge in [0.1, 0.15) is 0 Å². The minimum Gasteiger partial charge on any atom is -0.493 e. The Morgan fingerprint density at radius 2 is 1.68 bits per heavy atom. The molecule has 0 saturated carbocycles. The van der Waals surface area contributed by atoms with Crippen LogP contribution in [0, 0.1) is 0 Å². The average Bonchev–Trinajstić information content (AvgIpc) is 2.93. The van der Waals surface area contributed by atoms with Crippen LogP contribution in [0.15, 0.2) is 60.7 Å². The van der Waals surface area contributed by atoms with Crippen LogP contribution in [0.4, 0.5) is 5.69 Å². The molecule has 0 aliphatic carbocycles. The first-order valence-electron chi connectivity index (χ1n) is 13.1. The second kappa shape index (κ2) is 11.9. The number of carbonyl (C=O) groups is 2. The quantitative estimate of drug-likeness (QED) is 0.307. The third-order valence-electron chi connectivity index (χ3n) is 7.12. The maximum absolute atomic E-state index is 13.7. The molecule has 1 unspecified atom stereocenters. The summed E-state index contributed by atoms with van der Waals surface area (Å²) in [5, 5.41) is 0.623. The summed E-state index contributed by atoms with van der Waals surface area (Å²) in [6.07, 6.45) is 1.08. The van der Waals surface area contributed by atoms with Crippen molar-refractivity contribution >= 4 is 29.1 Å². The molecule has 2 atom stereocenters. The molecule has 1 aliphatic heterocycles. The van der Waals surface area contributed by atoms with Gasteiger partial charge in [-0.25, -0.2) is 0 Å². The van der Waals surface area contributed by atoms with Crippen LogP contribution >= 0.6 is 11.6 Å². The topological polar surface area (TPSA) is 59.1 Å². The highest BCUT2D eigenvalue weighted by molar-refractivity contribution is 6.30. The van der Waals surface area contributed by atoms with Crippen molar-refractivity contribution < 1.29 is 19.1 Å². The number of rotatable bonds is 9. The van der Waals surface area contributed by atoms with E-state index in [9.17, 15) is 9.59 Å². The molecule has 0 fully saturated rings. The van der Waals surface area contributed by atoms with Crippen molar-refractivity contribution in [3.63, 3.8) is 0 Å². The first-order valence-corrected chi connectivity index (χ1v) is 13.5. The number of nitrogens with zero attached hydrogens (tertiary/aromatic N) is 2. The summed E-state index contributed by atoms with van der Waals surface area (Å²) in [4.78, 5) is 30.1. The van der Waals surface area contributed by atoms with Crippen LogP contribution in [0.25, 0.3) is 0 Å². The number of ether oxygens (including phenoxy) is 2. The summed E-state index contributed by atoms with van der Waals surface area (Å²) < 4.78 is 11.8. The molecule has 6 nitrogen and oxygen atoms in total. The number of amides is 2. The number of hydrogen-bond acceptors (Lipinski definition) is 4. The zero-order chi connectivity index (χ0) is 27.4. The summed E-state index contributed by atoms with van der Waals surface area (Å²) >= 11 is 6.21. The molecular formula is C31H35ClN2O4. The van der Waals surface area contributed by atoms with Crippen LogP contribution in [0.3, 0.4) is 0 Å². The molecule has 1 aliphatic rings. The second-order valence-corrected chi connectivity index (χ2v) is 9.89. The average molecular weight is 535 g/mol. The normalized spacial score (nSPS) is 15.6. The van der Waals surface area contributed by atoms with E-state index in [1.807, 2.05) is 69.3 Å². The number of hydrogen-bond donors (Lipinski definition) is 0. The van der Waals surface area contributed by atoms with Crippen molar-refractivity contribution in [1.82, 2.24) is 4.90 Å². The summed E-state index contributed by atoms with van der Waals surface area (Å²) in [6.45, 7) is 9.30. The molecule has 0 bridgehead atoms. The Kier molecular flexibility index (Phi) is 8.62. The van der Waals surface area contributed by atoms with Crippen LogP contribution in [0.2, 0.25) is 5.02 Å². The van der Waals surface area contributed by atoms with Gasteiger partial charge in [-0.15, -0.1) is 0 Å². The van der Waals surface area contributed by atoms with Crippen LogP contribution in [-0.4, -0.2) is 43.0 Å². The monoisotopic (exact) mass is 534 g/mol. The van der Waals surface area contributed by atoms with E-state index in [1.54, 1.807) is 29.0 Å². The van der Waals surface area contributed by atoms with Gasteiger partial charge >= 0.3 is 0 Å². The molecule has 3 aromatic carbocycles. The molecule has 3 aromatic rings. The Morgan fingerprint density at radius 1 is 1.03 bits per heavy atom. The van der Waals surface area contributed by atoms with Crippen molar-refractivity contribution in [2.24, 2.45) is 0 Å². The minimum absolute atomic E-state index is 0.00754. The highest BCUT2D eigenvalue weighted by Gasteiger charge is 2.36. The number of fused-ring (bicyclic) bond motifs is 1. The lowest BCUT2D eigenvalue weighted by atomic mass is 9.86. The zero-order valence-corrected chi connectivity index (χ0v) is 23.4. The fourth-order valence-electron chi connectivity index (χ4n) is 4.83.